The lowest BCUT2D eigenvalue weighted by molar-refractivity contribution is -0.120. The largest absolute Gasteiger partial charge is 0.484 e. The molecule has 0 saturated heterocycles. The zero-order chi connectivity index (χ0) is 19.2. The van der Waals surface area contributed by atoms with Crippen LogP contribution >= 0.6 is 27.5 Å². The second-order valence-electron chi connectivity index (χ2n) is 5.61. The van der Waals surface area contributed by atoms with E-state index < -0.39 is 5.82 Å². The van der Waals surface area contributed by atoms with Gasteiger partial charge in [-0.15, -0.1) is 0 Å². The Morgan fingerprint density at radius 1 is 1.11 bits per heavy atom. The third-order valence-electron chi connectivity index (χ3n) is 3.78. The van der Waals surface area contributed by atoms with E-state index in [-0.39, 0.29) is 29.6 Å². The first-order valence-electron chi connectivity index (χ1n) is 8.07. The van der Waals surface area contributed by atoms with Crippen molar-refractivity contribution < 1.29 is 13.9 Å². The van der Waals surface area contributed by atoms with E-state index in [1.165, 1.54) is 17.0 Å². The number of rotatable bonds is 6. The van der Waals surface area contributed by atoms with Gasteiger partial charge in [0.25, 0.3) is 5.91 Å². The molecule has 0 aliphatic rings. The number of aromatic nitrogens is 1. The second-order valence-corrected chi connectivity index (χ2v) is 6.93. The van der Waals surface area contributed by atoms with Crippen LogP contribution in [0.5, 0.6) is 5.75 Å². The van der Waals surface area contributed by atoms with E-state index in [0.29, 0.717) is 11.6 Å². The summed E-state index contributed by atoms with van der Waals surface area (Å²) in [5.74, 6) is 0.0960. The number of benzene rings is 2. The van der Waals surface area contributed by atoms with Crippen molar-refractivity contribution in [2.24, 2.45) is 0 Å². The molecule has 0 spiro atoms. The Hall–Kier alpha value is -2.44. The molecule has 0 fully saturated rings. The maximum atomic E-state index is 14.2. The van der Waals surface area contributed by atoms with Gasteiger partial charge in [0.2, 0.25) is 0 Å². The number of ether oxygens (including phenoxy) is 1. The van der Waals surface area contributed by atoms with Crippen molar-refractivity contribution in [1.82, 2.24) is 4.98 Å². The number of nitrogens with zero attached hydrogens (tertiary/aromatic N) is 2. The Balaban J connectivity index is 1.81. The van der Waals surface area contributed by atoms with E-state index >= 15 is 0 Å². The Morgan fingerprint density at radius 2 is 1.89 bits per heavy atom. The number of halogens is 3. The summed E-state index contributed by atoms with van der Waals surface area (Å²) in [5, 5.41) is 0.248. The van der Waals surface area contributed by atoms with Crippen LogP contribution in [-0.4, -0.2) is 17.5 Å². The summed E-state index contributed by atoms with van der Waals surface area (Å²) in [5.41, 5.74) is 0.224. The Morgan fingerprint density at radius 3 is 2.56 bits per heavy atom. The van der Waals surface area contributed by atoms with Gasteiger partial charge in [0.1, 0.15) is 17.4 Å². The van der Waals surface area contributed by atoms with Crippen LogP contribution in [0.15, 0.2) is 71.3 Å². The summed E-state index contributed by atoms with van der Waals surface area (Å²) < 4.78 is 20.7. The van der Waals surface area contributed by atoms with Gasteiger partial charge in [0, 0.05) is 21.3 Å². The molecular weight excluding hydrogens is 435 g/mol. The van der Waals surface area contributed by atoms with Crippen LogP contribution in [-0.2, 0) is 11.3 Å². The number of amides is 1. The Labute approximate surface area is 169 Å². The van der Waals surface area contributed by atoms with Crippen molar-refractivity contribution >= 4 is 39.3 Å². The third-order valence-corrected chi connectivity index (χ3v) is 4.66. The molecule has 0 aliphatic heterocycles. The number of anilines is 1. The molecule has 3 rings (SSSR count). The Kier molecular flexibility index (Phi) is 6.42. The monoisotopic (exact) mass is 448 g/mol. The minimum Gasteiger partial charge on any atom is -0.484 e. The first kappa shape index (κ1) is 19.3. The average molecular weight is 450 g/mol. The molecule has 0 aliphatic carbocycles. The van der Waals surface area contributed by atoms with E-state index in [0.717, 1.165) is 4.47 Å². The predicted octanol–water partition coefficient (Wildman–Crippen LogP) is 5.25. The lowest BCUT2D eigenvalue weighted by Crippen LogP contribution is -2.35. The maximum Gasteiger partial charge on any atom is 0.266 e. The molecule has 0 unspecified atom stereocenters. The molecule has 1 heterocycles. The zero-order valence-corrected chi connectivity index (χ0v) is 16.5. The number of hydrogen-bond acceptors (Lipinski definition) is 3. The number of hydrogen-bond donors (Lipinski definition) is 0. The van der Waals surface area contributed by atoms with Crippen LogP contribution in [0.25, 0.3) is 0 Å². The molecule has 0 atom stereocenters. The smallest absolute Gasteiger partial charge is 0.266 e. The van der Waals surface area contributed by atoms with Gasteiger partial charge in [0.05, 0.1) is 6.54 Å². The summed E-state index contributed by atoms with van der Waals surface area (Å²) >= 11 is 9.46. The van der Waals surface area contributed by atoms with Gasteiger partial charge >= 0.3 is 0 Å². The summed E-state index contributed by atoms with van der Waals surface area (Å²) in [7, 11) is 0. The molecule has 0 bridgehead atoms. The molecule has 0 radical (unpaired) electrons. The fraction of sp³-hybridized carbons (Fsp3) is 0.100. The molecule has 138 valence electrons. The van der Waals surface area contributed by atoms with Gasteiger partial charge in [-0.25, -0.2) is 9.37 Å². The fourth-order valence-electron chi connectivity index (χ4n) is 2.41. The summed E-state index contributed by atoms with van der Waals surface area (Å²) in [6.07, 6.45) is 1.56. The fourth-order valence-corrected chi connectivity index (χ4v) is 2.89. The van der Waals surface area contributed by atoms with Gasteiger partial charge in [-0.3, -0.25) is 9.69 Å². The molecule has 27 heavy (non-hydrogen) atoms. The Bertz CT molecular complexity index is 903. The van der Waals surface area contributed by atoms with Crippen LogP contribution in [0.1, 0.15) is 5.56 Å². The quantitative estimate of drug-likeness (QED) is 0.516. The van der Waals surface area contributed by atoms with Crippen molar-refractivity contribution in [3.63, 3.8) is 0 Å². The highest BCUT2D eigenvalue weighted by Crippen LogP contribution is 2.23. The van der Waals surface area contributed by atoms with Crippen LogP contribution < -0.4 is 9.64 Å². The summed E-state index contributed by atoms with van der Waals surface area (Å²) in [4.78, 5) is 18.3. The summed E-state index contributed by atoms with van der Waals surface area (Å²) in [6.45, 7) is -0.269. The van der Waals surface area contributed by atoms with Crippen LogP contribution in [0.4, 0.5) is 10.2 Å². The lowest BCUT2D eigenvalue weighted by atomic mass is 10.2. The van der Waals surface area contributed by atoms with E-state index in [1.54, 1.807) is 42.6 Å². The van der Waals surface area contributed by atoms with E-state index in [9.17, 15) is 9.18 Å². The van der Waals surface area contributed by atoms with Gasteiger partial charge in [-0.1, -0.05) is 39.7 Å². The molecule has 1 aromatic heterocycles. The van der Waals surface area contributed by atoms with Crippen LogP contribution in [0, 0.1) is 5.82 Å². The minimum absolute atomic E-state index is 0.0505. The van der Waals surface area contributed by atoms with Crippen molar-refractivity contribution in [2.45, 2.75) is 6.54 Å². The van der Waals surface area contributed by atoms with Gasteiger partial charge < -0.3 is 4.74 Å². The van der Waals surface area contributed by atoms with Gasteiger partial charge in [-0.2, -0.15) is 0 Å². The molecule has 3 aromatic rings. The molecule has 1 amide bonds. The number of pyridine rings is 1. The van der Waals surface area contributed by atoms with Crippen molar-refractivity contribution in [1.29, 1.82) is 0 Å². The first-order chi connectivity index (χ1) is 13.0. The topological polar surface area (TPSA) is 42.4 Å². The highest BCUT2D eigenvalue weighted by molar-refractivity contribution is 9.10. The van der Waals surface area contributed by atoms with Crippen molar-refractivity contribution in [3.05, 3.63) is 87.7 Å². The third kappa shape index (κ3) is 5.05. The van der Waals surface area contributed by atoms with E-state index in [2.05, 4.69) is 20.9 Å². The maximum absolute atomic E-state index is 14.2. The standard InChI is InChI=1S/C20H15BrClFN2O2/c21-14-7-9-15(10-8-14)27-13-20(26)25(19-6-1-2-11-24-19)12-16-17(22)4-3-5-18(16)23/h1-11H,12-13H2. The number of carbonyl (C=O) groups is 1. The number of carbonyl (C=O) groups excluding carboxylic acids is 1. The molecule has 2 aromatic carbocycles. The van der Waals surface area contributed by atoms with Gasteiger partial charge in [-0.05, 0) is 48.5 Å². The molecule has 7 heteroatoms. The van der Waals surface area contributed by atoms with E-state index in [1.807, 2.05) is 12.1 Å². The SMILES string of the molecule is O=C(COc1ccc(Br)cc1)N(Cc1c(F)cccc1Cl)c1ccccn1. The molecular formula is C20H15BrClFN2O2. The van der Waals surface area contributed by atoms with Crippen LogP contribution in [0.2, 0.25) is 5.02 Å². The highest BCUT2D eigenvalue weighted by atomic mass is 79.9. The van der Waals surface area contributed by atoms with Crippen molar-refractivity contribution in [3.8, 4) is 5.75 Å². The minimum atomic E-state index is -0.481. The first-order valence-corrected chi connectivity index (χ1v) is 9.24. The second kappa shape index (κ2) is 8.97. The molecule has 4 nitrogen and oxygen atoms in total. The van der Waals surface area contributed by atoms with Gasteiger partial charge in [0.15, 0.2) is 6.61 Å². The van der Waals surface area contributed by atoms with Crippen molar-refractivity contribution in [2.75, 3.05) is 11.5 Å². The normalized spacial score (nSPS) is 10.5. The summed E-state index contributed by atoms with van der Waals surface area (Å²) in [6, 6.07) is 16.7. The lowest BCUT2D eigenvalue weighted by Gasteiger charge is -2.22. The zero-order valence-electron chi connectivity index (χ0n) is 14.1. The molecule has 0 saturated carbocycles. The molecule has 0 N–H and O–H groups in total. The van der Waals surface area contributed by atoms with Crippen LogP contribution in [0.3, 0.4) is 0 Å². The highest BCUT2D eigenvalue weighted by Gasteiger charge is 2.21. The average Bonchev–Trinajstić information content (AvgIpc) is 2.68. The predicted molar refractivity (Wildman–Crippen MR) is 106 cm³/mol. The van der Waals surface area contributed by atoms with E-state index in [4.69, 9.17) is 16.3 Å².